The van der Waals surface area contributed by atoms with Crippen LogP contribution in [-0.2, 0) is 11.3 Å². The van der Waals surface area contributed by atoms with E-state index in [9.17, 15) is 0 Å². The van der Waals surface area contributed by atoms with E-state index in [0.29, 0.717) is 37.0 Å². The fourth-order valence-electron chi connectivity index (χ4n) is 2.24. The Morgan fingerprint density at radius 3 is 2.38 bits per heavy atom. The van der Waals surface area contributed by atoms with Gasteiger partial charge in [0.05, 0.1) is 0 Å². The summed E-state index contributed by atoms with van der Waals surface area (Å²) in [7, 11) is 3.45. The van der Waals surface area contributed by atoms with E-state index in [4.69, 9.17) is 9.47 Å². The lowest BCUT2D eigenvalue weighted by atomic mass is 10.2. The Bertz CT molecular complexity index is 416. The Morgan fingerprint density at radius 2 is 1.86 bits per heavy atom. The molecule has 120 valence electrons. The Hall–Kier alpha value is -1.40. The van der Waals surface area contributed by atoms with Crippen LogP contribution >= 0.6 is 0 Å². The predicted molar refractivity (Wildman–Crippen MR) is 84.8 cm³/mol. The second-order valence-electron chi connectivity index (χ2n) is 5.46. The van der Waals surface area contributed by atoms with Crippen LogP contribution in [0, 0.1) is 0 Å². The van der Waals surface area contributed by atoms with E-state index in [1.165, 1.54) is 0 Å². The van der Waals surface area contributed by atoms with Crippen LogP contribution in [0.4, 0.5) is 5.82 Å². The van der Waals surface area contributed by atoms with Gasteiger partial charge in [0, 0.05) is 38.9 Å². The van der Waals surface area contributed by atoms with Gasteiger partial charge in [-0.15, -0.1) is 0 Å². The highest BCUT2D eigenvalue weighted by Gasteiger charge is 2.13. The van der Waals surface area contributed by atoms with Crippen LogP contribution in [0.5, 0.6) is 5.88 Å². The van der Waals surface area contributed by atoms with Gasteiger partial charge in [0.1, 0.15) is 19.0 Å². The second-order valence-corrected chi connectivity index (χ2v) is 5.46. The van der Waals surface area contributed by atoms with Gasteiger partial charge in [0.25, 0.3) is 0 Å². The van der Waals surface area contributed by atoms with Crippen LogP contribution in [0.2, 0.25) is 0 Å². The summed E-state index contributed by atoms with van der Waals surface area (Å²) in [6.07, 6.45) is 0. The van der Waals surface area contributed by atoms with Crippen molar-refractivity contribution >= 4 is 5.82 Å². The van der Waals surface area contributed by atoms with Crippen molar-refractivity contribution in [3.8, 4) is 5.88 Å². The fraction of sp³-hybridized carbons (Fsp3) is 0.733. The van der Waals surface area contributed by atoms with Gasteiger partial charge in [-0.05, 0) is 27.7 Å². The van der Waals surface area contributed by atoms with Crippen molar-refractivity contribution < 1.29 is 9.47 Å². The maximum Gasteiger partial charge on any atom is 0.218 e. The van der Waals surface area contributed by atoms with Crippen LogP contribution in [0.1, 0.15) is 33.5 Å². The number of nitrogens with one attached hydrogen (secondary N) is 1. The Morgan fingerprint density at radius 1 is 1.19 bits per heavy atom. The lowest BCUT2D eigenvalue weighted by Crippen LogP contribution is -2.39. The van der Waals surface area contributed by atoms with Crippen molar-refractivity contribution in [2.75, 3.05) is 32.6 Å². The SMILES string of the molecule is CNc1cc(OCCN(C(C)C)C(C)C)nc(COC)n1. The van der Waals surface area contributed by atoms with Crippen LogP contribution in [0.3, 0.4) is 0 Å². The molecular formula is C15H28N4O2. The Labute approximate surface area is 127 Å². The van der Waals surface area contributed by atoms with Gasteiger partial charge in [-0.1, -0.05) is 0 Å². The van der Waals surface area contributed by atoms with Gasteiger partial charge in [-0.2, -0.15) is 4.98 Å². The van der Waals surface area contributed by atoms with Gasteiger partial charge in [-0.3, -0.25) is 4.90 Å². The maximum atomic E-state index is 5.78. The Kier molecular flexibility index (Phi) is 7.39. The standard InChI is InChI=1S/C15H28N4O2/c1-11(2)19(12(3)4)7-8-21-15-9-13(16-5)17-14(18-15)10-20-6/h9,11-12H,7-8,10H2,1-6H3,(H,16,17,18). The molecule has 0 atom stereocenters. The first-order valence-corrected chi connectivity index (χ1v) is 7.41. The van der Waals surface area contributed by atoms with Gasteiger partial charge in [-0.25, -0.2) is 4.98 Å². The third-order valence-corrected chi connectivity index (χ3v) is 3.20. The molecule has 0 saturated heterocycles. The first-order valence-electron chi connectivity index (χ1n) is 7.41. The molecule has 0 spiro atoms. The average Bonchev–Trinajstić information content (AvgIpc) is 2.42. The molecule has 1 N–H and O–H groups in total. The fourth-order valence-corrected chi connectivity index (χ4v) is 2.24. The smallest absolute Gasteiger partial charge is 0.218 e. The molecule has 0 bridgehead atoms. The van der Waals surface area contributed by atoms with E-state index in [0.717, 1.165) is 12.4 Å². The normalized spacial score (nSPS) is 11.5. The van der Waals surface area contributed by atoms with E-state index in [-0.39, 0.29) is 0 Å². The molecule has 1 rings (SSSR count). The van der Waals surface area contributed by atoms with E-state index in [1.807, 2.05) is 7.05 Å². The quantitative estimate of drug-likeness (QED) is 0.753. The molecule has 0 amide bonds. The van der Waals surface area contributed by atoms with Crippen molar-refractivity contribution in [2.45, 2.75) is 46.4 Å². The number of ether oxygens (including phenoxy) is 2. The highest BCUT2D eigenvalue weighted by Crippen LogP contribution is 2.14. The molecule has 1 heterocycles. The molecule has 0 saturated carbocycles. The molecule has 6 heteroatoms. The van der Waals surface area contributed by atoms with Gasteiger partial charge < -0.3 is 14.8 Å². The molecule has 0 unspecified atom stereocenters. The summed E-state index contributed by atoms with van der Waals surface area (Å²) in [5, 5.41) is 3.00. The zero-order chi connectivity index (χ0) is 15.8. The topological polar surface area (TPSA) is 59.5 Å². The second kappa shape index (κ2) is 8.79. The third-order valence-electron chi connectivity index (χ3n) is 3.20. The molecule has 1 aromatic rings. The number of hydrogen-bond acceptors (Lipinski definition) is 6. The van der Waals surface area contributed by atoms with Crippen molar-refractivity contribution in [3.05, 3.63) is 11.9 Å². The number of hydrogen-bond donors (Lipinski definition) is 1. The molecule has 0 aliphatic rings. The zero-order valence-corrected chi connectivity index (χ0v) is 14.0. The monoisotopic (exact) mass is 296 g/mol. The number of nitrogens with zero attached hydrogens (tertiary/aromatic N) is 3. The molecule has 1 aromatic heterocycles. The van der Waals surface area contributed by atoms with Gasteiger partial charge in [0.2, 0.25) is 5.88 Å². The average molecular weight is 296 g/mol. The molecule has 0 radical (unpaired) electrons. The number of anilines is 1. The van der Waals surface area contributed by atoms with Crippen LogP contribution in [-0.4, -0.2) is 54.3 Å². The predicted octanol–water partition coefficient (Wildman–Crippen LogP) is 2.16. The van der Waals surface area contributed by atoms with Crippen LogP contribution < -0.4 is 10.1 Å². The van der Waals surface area contributed by atoms with Crippen molar-refractivity contribution in [1.82, 2.24) is 14.9 Å². The summed E-state index contributed by atoms with van der Waals surface area (Å²) in [5.74, 6) is 1.93. The molecule has 0 aromatic carbocycles. The van der Waals surface area contributed by atoms with E-state index >= 15 is 0 Å². The van der Waals surface area contributed by atoms with Crippen molar-refractivity contribution in [3.63, 3.8) is 0 Å². The summed E-state index contributed by atoms with van der Waals surface area (Å²) in [5.41, 5.74) is 0. The first-order chi connectivity index (χ1) is 9.97. The van der Waals surface area contributed by atoms with E-state index < -0.39 is 0 Å². The minimum absolute atomic E-state index is 0.371. The van der Waals surface area contributed by atoms with Crippen molar-refractivity contribution in [2.24, 2.45) is 0 Å². The third kappa shape index (κ3) is 5.85. The number of aromatic nitrogens is 2. The molecule has 0 aliphatic heterocycles. The minimum Gasteiger partial charge on any atom is -0.476 e. The summed E-state index contributed by atoms with van der Waals surface area (Å²) < 4.78 is 10.8. The van der Waals surface area contributed by atoms with E-state index in [1.54, 1.807) is 13.2 Å². The number of rotatable bonds is 9. The minimum atomic E-state index is 0.371. The largest absolute Gasteiger partial charge is 0.476 e. The van der Waals surface area contributed by atoms with Gasteiger partial charge in [0.15, 0.2) is 5.82 Å². The molecule has 21 heavy (non-hydrogen) atoms. The molecular weight excluding hydrogens is 268 g/mol. The summed E-state index contributed by atoms with van der Waals surface area (Å²) in [6.45, 7) is 10.6. The molecule has 0 aliphatic carbocycles. The lowest BCUT2D eigenvalue weighted by Gasteiger charge is -2.30. The number of methoxy groups -OCH3 is 1. The maximum absolute atomic E-state index is 5.78. The summed E-state index contributed by atoms with van der Waals surface area (Å²) in [6, 6.07) is 2.79. The Balaban J connectivity index is 2.63. The zero-order valence-electron chi connectivity index (χ0n) is 14.0. The van der Waals surface area contributed by atoms with Crippen LogP contribution in [0.25, 0.3) is 0 Å². The van der Waals surface area contributed by atoms with Gasteiger partial charge >= 0.3 is 0 Å². The molecule has 0 fully saturated rings. The first kappa shape index (κ1) is 17.7. The molecule has 6 nitrogen and oxygen atoms in total. The van der Waals surface area contributed by atoms with E-state index in [2.05, 4.69) is 47.9 Å². The highest BCUT2D eigenvalue weighted by atomic mass is 16.5. The summed E-state index contributed by atoms with van der Waals surface area (Å²) in [4.78, 5) is 11.0. The van der Waals surface area contributed by atoms with Crippen LogP contribution in [0.15, 0.2) is 6.07 Å². The van der Waals surface area contributed by atoms with Crippen molar-refractivity contribution in [1.29, 1.82) is 0 Å². The lowest BCUT2D eigenvalue weighted by molar-refractivity contribution is 0.139. The highest BCUT2D eigenvalue weighted by molar-refractivity contribution is 5.37. The summed E-state index contributed by atoms with van der Waals surface area (Å²) >= 11 is 0.